The van der Waals surface area contributed by atoms with Crippen molar-refractivity contribution in [3.05, 3.63) is 46.8 Å². The molecule has 9 nitrogen and oxygen atoms in total. The van der Waals surface area contributed by atoms with Crippen molar-refractivity contribution in [1.29, 1.82) is 0 Å². The van der Waals surface area contributed by atoms with Crippen LogP contribution in [0.15, 0.2) is 41.2 Å². The number of rotatable bonds is 4. The molecule has 0 amide bonds. The van der Waals surface area contributed by atoms with Crippen molar-refractivity contribution >= 4 is 35.1 Å². The number of aliphatic hydroxyl groups is 2. The van der Waals surface area contributed by atoms with Crippen LogP contribution < -0.4 is 15.8 Å². The van der Waals surface area contributed by atoms with E-state index < -0.39 is 18.2 Å². The van der Waals surface area contributed by atoms with Gasteiger partial charge >= 0.3 is 0 Å². The first kappa shape index (κ1) is 23.4. The van der Waals surface area contributed by atoms with E-state index in [0.717, 1.165) is 10.9 Å². The topological polar surface area (TPSA) is 124 Å². The number of para-hydroxylation sites is 1. The van der Waals surface area contributed by atoms with Crippen LogP contribution in [-0.2, 0) is 4.74 Å². The number of ether oxygens (including phenoxy) is 1. The number of aromatic amines is 1. The second-order valence-corrected chi connectivity index (χ2v) is 8.55. The van der Waals surface area contributed by atoms with Gasteiger partial charge in [-0.3, -0.25) is 9.78 Å². The van der Waals surface area contributed by atoms with Crippen molar-refractivity contribution in [1.82, 2.24) is 15.0 Å². The lowest BCUT2D eigenvalue weighted by atomic mass is 10.1. The number of nitrogens with one attached hydrogen (secondary N) is 2. The first-order valence-electron chi connectivity index (χ1n) is 11.0. The molecule has 1 aliphatic heterocycles. The minimum Gasteiger partial charge on any atom is -0.390 e. The molecule has 176 valence electrons. The summed E-state index contributed by atoms with van der Waals surface area (Å²) in [6, 6.07) is 11.0. The number of nitrogens with zero attached hydrogens (tertiary/aromatic N) is 3. The van der Waals surface area contributed by atoms with Gasteiger partial charge in [-0.1, -0.05) is 31.2 Å². The number of fused-ring (bicyclic) bond motifs is 1. The van der Waals surface area contributed by atoms with Crippen LogP contribution in [0.5, 0.6) is 0 Å². The summed E-state index contributed by atoms with van der Waals surface area (Å²) < 4.78 is 5.41. The summed E-state index contributed by atoms with van der Waals surface area (Å²) in [5.74, 6) is 0.736. The molecule has 2 aromatic heterocycles. The lowest BCUT2D eigenvalue weighted by molar-refractivity contribution is 0.0210. The first-order valence-corrected chi connectivity index (χ1v) is 11.0. The molecule has 1 saturated heterocycles. The molecule has 0 radical (unpaired) electrons. The Bertz CT molecular complexity index is 1180. The number of aromatic nitrogens is 3. The predicted molar refractivity (Wildman–Crippen MR) is 129 cm³/mol. The molecule has 2 aliphatic rings. The van der Waals surface area contributed by atoms with Crippen molar-refractivity contribution in [3.63, 3.8) is 0 Å². The lowest BCUT2D eigenvalue weighted by Gasteiger charge is -2.28. The quantitative estimate of drug-likeness (QED) is 0.452. The van der Waals surface area contributed by atoms with Gasteiger partial charge in [0.25, 0.3) is 5.56 Å². The summed E-state index contributed by atoms with van der Waals surface area (Å²) in [5, 5.41) is 25.0. The van der Waals surface area contributed by atoms with Crippen LogP contribution in [0.4, 0.5) is 11.8 Å². The van der Waals surface area contributed by atoms with E-state index in [2.05, 4.69) is 15.3 Å². The molecule has 3 heterocycles. The van der Waals surface area contributed by atoms with Gasteiger partial charge in [0.15, 0.2) is 0 Å². The predicted octanol–water partition coefficient (Wildman–Crippen LogP) is 1.79. The maximum Gasteiger partial charge on any atom is 0.263 e. The van der Waals surface area contributed by atoms with Crippen LogP contribution in [-0.4, -0.2) is 69.7 Å². The number of pyridine rings is 1. The summed E-state index contributed by atoms with van der Waals surface area (Å²) in [6.45, 7) is 4.26. The van der Waals surface area contributed by atoms with Crippen molar-refractivity contribution in [2.45, 2.75) is 31.6 Å². The Morgan fingerprint density at radius 2 is 1.85 bits per heavy atom. The van der Waals surface area contributed by atoms with Gasteiger partial charge < -0.3 is 25.2 Å². The third-order valence-corrected chi connectivity index (χ3v) is 6.37. The zero-order chi connectivity index (χ0) is 22.2. The number of morpholine rings is 1. The summed E-state index contributed by atoms with van der Waals surface area (Å²) in [5.41, 5.74) is 1.27. The first-order chi connectivity index (χ1) is 15.5. The van der Waals surface area contributed by atoms with E-state index >= 15 is 0 Å². The highest BCUT2D eigenvalue weighted by Gasteiger charge is 2.39. The minimum absolute atomic E-state index is 0. The number of halogens is 1. The average Bonchev–Trinajstić information content (AvgIpc) is 3.05. The Hall–Kier alpha value is -2.72. The van der Waals surface area contributed by atoms with E-state index in [-0.39, 0.29) is 23.9 Å². The fraction of sp³-hybridized carbons (Fsp3) is 0.435. The molecular formula is C23H28ClN5O4. The molecule has 0 spiro atoms. The van der Waals surface area contributed by atoms with Crippen LogP contribution in [0.25, 0.3) is 22.2 Å². The summed E-state index contributed by atoms with van der Waals surface area (Å²) in [6.07, 6.45) is -1.21. The van der Waals surface area contributed by atoms with Gasteiger partial charge in [0.2, 0.25) is 5.95 Å². The standard InChI is InChI=1S/C23H27N5O4.ClH/c1-13-12-17(20(30)19(13)29)25-21-18(16-7-6-14-4-2-3-5-15(14)24-16)22(31)27-23(26-21)28-8-10-32-11-9-28;/h2-7,13,17,19-20,29-30H,8-12H2,1H3,(H2,25,26,27,31);1H/t13-,17+,19+,20-;/m0./s1. The van der Waals surface area contributed by atoms with E-state index in [1.165, 1.54) is 0 Å². The van der Waals surface area contributed by atoms with Crippen molar-refractivity contribution < 1.29 is 14.9 Å². The monoisotopic (exact) mass is 473 g/mol. The van der Waals surface area contributed by atoms with Crippen LogP contribution in [0, 0.1) is 5.92 Å². The molecule has 1 aromatic carbocycles. The molecule has 33 heavy (non-hydrogen) atoms. The lowest BCUT2D eigenvalue weighted by Crippen LogP contribution is -2.39. The molecule has 0 bridgehead atoms. The number of aliphatic hydroxyl groups excluding tert-OH is 2. The van der Waals surface area contributed by atoms with E-state index in [9.17, 15) is 15.0 Å². The van der Waals surface area contributed by atoms with E-state index in [1.54, 1.807) is 6.07 Å². The van der Waals surface area contributed by atoms with Crippen molar-refractivity contribution in [2.24, 2.45) is 5.92 Å². The Kier molecular flexibility index (Phi) is 6.85. The summed E-state index contributed by atoms with van der Waals surface area (Å²) >= 11 is 0. The molecule has 4 N–H and O–H groups in total. The normalized spacial score (nSPS) is 25.1. The van der Waals surface area contributed by atoms with Gasteiger partial charge in [-0.25, -0.2) is 4.98 Å². The molecule has 2 fully saturated rings. The Morgan fingerprint density at radius 1 is 1.09 bits per heavy atom. The SMILES string of the molecule is C[C@H]1C[C@@H](Nc2nc(N3CCOCC3)[nH]c(=O)c2-c2ccc3ccccc3n2)[C@H](O)[C@@H]1O.Cl. The van der Waals surface area contributed by atoms with Gasteiger partial charge in [-0.05, 0) is 24.5 Å². The number of hydrogen-bond donors (Lipinski definition) is 4. The molecule has 1 saturated carbocycles. The van der Waals surface area contributed by atoms with Crippen LogP contribution in [0.1, 0.15) is 13.3 Å². The molecule has 0 unspecified atom stereocenters. The molecular weight excluding hydrogens is 446 g/mol. The van der Waals surface area contributed by atoms with Gasteiger partial charge in [-0.2, -0.15) is 4.98 Å². The summed E-state index contributed by atoms with van der Waals surface area (Å²) in [4.78, 5) is 27.6. The highest BCUT2D eigenvalue weighted by atomic mass is 35.5. The van der Waals surface area contributed by atoms with Gasteiger partial charge in [0.1, 0.15) is 17.5 Å². The molecule has 3 aromatic rings. The Morgan fingerprint density at radius 3 is 2.58 bits per heavy atom. The zero-order valence-corrected chi connectivity index (χ0v) is 19.1. The minimum atomic E-state index is -0.949. The third-order valence-electron chi connectivity index (χ3n) is 6.37. The molecule has 10 heteroatoms. The highest BCUT2D eigenvalue weighted by molar-refractivity contribution is 5.85. The molecule has 1 aliphatic carbocycles. The van der Waals surface area contributed by atoms with Gasteiger partial charge in [-0.15, -0.1) is 12.4 Å². The fourth-order valence-electron chi connectivity index (χ4n) is 4.51. The van der Waals surface area contributed by atoms with E-state index in [4.69, 9.17) is 9.72 Å². The largest absolute Gasteiger partial charge is 0.390 e. The van der Waals surface area contributed by atoms with Crippen LogP contribution in [0.3, 0.4) is 0 Å². The third kappa shape index (κ3) is 4.54. The fourth-order valence-corrected chi connectivity index (χ4v) is 4.51. The smallest absolute Gasteiger partial charge is 0.263 e. The highest BCUT2D eigenvalue weighted by Crippen LogP contribution is 2.31. The van der Waals surface area contributed by atoms with Crippen molar-refractivity contribution in [3.8, 4) is 11.3 Å². The second-order valence-electron chi connectivity index (χ2n) is 8.55. The number of hydrogen-bond acceptors (Lipinski definition) is 8. The van der Waals surface area contributed by atoms with Gasteiger partial charge in [0.05, 0.1) is 36.6 Å². The second kappa shape index (κ2) is 9.64. The number of benzene rings is 1. The molecule has 5 rings (SSSR count). The number of anilines is 2. The summed E-state index contributed by atoms with van der Waals surface area (Å²) in [7, 11) is 0. The van der Waals surface area contributed by atoms with Crippen molar-refractivity contribution in [2.75, 3.05) is 36.5 Å². The average molecular weight is 474 g/mol. The number of H-pyrrole nitrogens is 1. The van der Waals surface area contributed by atoms with Crippen LogP contribution >= 0.6 is 12.4 Å². The van der Waals surface area contributed by atoms with E-state index in [1.807, 2.05) is 42.2 Å². The van der Waals surface area contributed by atoms with Gasteiger partial charge in [0, 0.05) is 18.5 Å². The van der Waals surface area contributed by atoms with Crippen LogP contribution in [0.2, 0.25) is 0 Å². The zero-order valence-electron chi connectivity index (χ0n) is 18.3. The van der Waals surface area contributed by atoms with E-state index in [0.29, 0.717) is 55.7 Å². The Labute approximate surface area is 197 Å². The maximum atomic E-state index is 13.3. The Balaban J connectivity index is 0.00000259. The molecule has 4 atom stereocenters. The maximum absolute atomic E-state index is 13.3.